The van der Waals surface area contributed by atoms with E-state index in [1.165, 1.54) is 25.9 Å². The number of methoxy groups -OCH3 is 1. The highest BCUT2D eigenvalue weighted by molar-refractivity contribution is 5.71. The normalized spacial score (nSPS) is 27.2. The number of rotatable bonds is 5. The van der Waals surface area contributed by atoms with Gasteiger partial charge in [0.25, 0.3) is 0 Å². The van der Waals surface area contributed by atoms with Gasteiger partial charge in [-0.05, 0) is 24.3 Å². The SMILES string of the molecule is COc1ccc(OCC(=O)OC2C[NH+]3CCC2CC3)cc1. The zero-order valence-electron chi connectivity index (χ0n) is 12.3. The summed E-state index contributed by atoms with van der Waals surface area (Å²) in [4.78, 5) is 13.5. The third kappa shape index (κ3) is 3.47. The lowest BCUT2D eigenvalue weighted by molar-refractivity contribution is -0.920. The van der Waals surface area contributed by atoms with Gasteiger partial charge >= 0.3 is 5.97 Å². The van der Waals surface area contributed by atoms with E-state index in [0.29, 0.717) is 11.7 Å². The number of hydrogen-bond donors (Lipinski definition) is 1. The van der Waals surface area contributed by atoms with Crippen LogP contribution >= 0.6 is 0 Å². The van der Waals surface area contributed by atoms with E-state index < -0.39 is 0 Å². The number of hydrogen-bond acceptors (Lipinski definition) is 4. The minimum atomic E-state index is -0.274. The smallest absolute Gasteiger partial charge is 0.344 e. The molecule has 2 bridgehead atoms. The lowest BCUT2D eigenvalue weighted by Gasteiger charge is -2.41. The molecule has 3 aliphatic rings. The Morgan fingerprint density at radius 2 is 1.86 bits per heavy atom. The van der Waals surface area contributed by atoms with Crippen LogP contribution < -0.4 is 14.4 Å². The molecule has 0 aromatic heterocycles. The maximum absolute atomic E-state index is 11.9. The number of esters is 1. The van der Waals surface area contributed by atoms with Gasteiger partial charge in [-0.3, -0.25) is 0 Å². The van der Waals surface area contributed by atoms with Gasteiger partial charge in [-0.1, -0.05) is 0 Å². The Balaban J connectivity index is 1.45. The van der Waals surface area contributed by atoms with E-state index in [-0.39, 0.29) is 18.7 Å². The Bertz CT molecular complexity index is 480. The van der Waals surface area contributed by atoms with Crippen molar-refractivity contribution in [1.29, 1.82) is 0 Å². The summed E-state index contributed by atoms with van der Waals surface area (Å²) in [5, 5.41) is 0. The molecule has 1 aromatic carbocycles. The molecule has 3 saturated heterocycles. The molecule has 21 heavy (non-hydrogen) atoms. The number of nitrogens with one attached hydrogen (secondary N) is 1. The van der Waals surface area contributed by atoms with Crippen LogP contribution in [-0.4, -0.2) is 45.4 Å². The Hall–Kier alpha value is -1.75. The van der Waals surface area contributed by atoms with Gasteiger partial charge < -0.3 is 19.1 Å². The second-order valence-electron chi connectivity index (χ2n) is 5.78. The second-order valence-corrected chi connectivity index (χ2v) is 5.78. The zero-order valence-corrected chi connectivity index (χ0v) is 12.3. The van der Waals surface area contributed by atoms with E-state index in [2.05, 4.69) is 0 Å². The molecule has 114 valence electrons. The zero-order chi connectivity index (χ0) is 14.7. The van der Waals surface area contributed by atoms with Crippen LogP contribution in [0.1, 0.15) is 12.8 Å². The maximum Gasteiger partial charge on any atom is 0.344 e. The van der Waals surface area contributed by atoms with Gasteiger partial charge in [0.05, 0.1) is 20.2 Å². The van der Waals surface area contributed by atoms with Crippen LogP contribution in [0, 0.1) is 5.92 Å². The first-order chi connectivity index (χ1) is 10.2. The first kappa shape index (κ1) is 14.2. The Kier molecular flexibility index (Phi) is 4.29. The van der Waals surface area contributed by atoms with Gasteiger partial charge in [0.1, 0.15) is 18.0 Å². The highest BCUT2D eigenvalue weighted by atomic mass is 16.6. The average Bonchev–Trinajstić information content (AvgIpc) is 2.54. The molecule has 3 fully saturated rings. The van der Waals surface area contributed by atoms with Gasteiger partial charge in [-0.15, -0.1) is 0 Å². The van der Waals surface area contributed by atoms with Crippen molar-refractivity contribution in [2.24, 2.45) is 5.92 Å². The van der Waals surface area contributed by atoms with E-state index in [1.807, 2.05) is 0 Å². The summed E-state index contributed by atoms with van der Waals surface area (Å²) in [7, 11) is 1.61. The molecule has 0 aliphatic carbocycles. The van der Waals surface area contributed by atoms with Gasteiger partial charge in [-0.2, -0.15) is 0 Å². The van der Waals surface area contributed by atoms with Crippen molar-refractivity contribution in [3.63, 3.8) is 0 Å². The molecule has 5 heteroatoms. The Morgan fingerprint density at radius 3 is 2.43 bits per heavy atom. The quantitative estimate of drug-likeness (QED) is 0.793. The van der Waals surface area contributed by atoms with Crippen molar-refractivity contribution in [2.45, 2.75) is 18.9 Å². The number of carbonyl (C=O) groups is 1. The van der Waals surface area contributed by atoms with Crippen molar-refractivity contribution < 1.29 is 23.9 Å². The van der Waals surface area contributed by atoms with E-state index in [9.17, 15) is 4.79 Å². The summed E-state index contributed by atoms with van der Waals surface area (Å²) in [5.74, 6) is 1.68. The van der Waals surface area contributed by atoms with Crippen LogP contribution in [0.2, 0.25) is 0 Å². The molecular formula is C16H22NO4+. The highest BCUT2D eigenvalue weighted by Crippen LogP contribution is 2.21. The van der Waals surface area contributed by atoms with Crippen molar-refractivity contribution in [3.05, 3.63) is 24.3 Å². The predicted molar refractivity (Wildman–Crippen MR) is 76.7 cm³/mol. The molecule has 4 rings (SSSR count). The topological polar surface area (TPSA) is 49.2 Å². The summed E-state index contributed by atoms with van der Waals surface area (Å²) in [6.45, 7) is 3.37. The fourth-order valence-corrected chi connectivity index (χ4v) is 3.23. The first-order valence-electron chi connectivity index (χ1n) is 7.54. The van der Waals surface area contributed by atoms with E-state index in [1.54, 1.807) is 36.3 Å². The van der Waals surface area contributed by atoms with Crippen LogP contribution in [0.4, 0.5) is 0 Å². The summed E-state index contributed by atoms with van der Waals surface area (Å²) in [5.41, 5.74) is 0. The summed E-state index contributed by atoms with van der Waals surface area (Å²) in [6, 6.07) is 7.17. The van der Waals surface area contributed by atoms with Crippen LogP contribution in [0.3, 0.4) is 0 Å². The van der Waals surface area contributed by atoms with Gasteiger partial charge in [0.15, 0.2) is 12.7 Å². The van der Waals surface area contributed by atoms with E-state index in [4.69, 9.17) is 14.2 Å². The predicted octanol–water partition coefficient (Wildman–Crippen LogP) is 0.294. The number of fused-ring (bicyclic) bond motifs is 3. The molecular weight excluding hydrogens is 270 g/mol. The molecule has 1 N–H and O–H groups in total. The average molecular weight is 292 g/mol. The Labute approximate surface area is 124 Å². The molecule has 0 saturated carbocycles. The molecule has 5 nitrogen and oxygen atoms in total. The Morgan fingerprint density at radius 1 is 1.19 bits per heavy atom. The molecule has 0 radical (unpaired) electrons. The summed E-state index contributed by atoms with van der Waals surface area (Å²) < 4.78 is 16.1. The fourth-order valence-electron chi connectivity index (χ4n) is 3.23. The van der Waals surface area contributed by atoms with Crippen molar-refractivity contribution in [3.8, 4) is 11.5 Å². The van der Waals surface area contributed by atoms with Crippen LogP contribution in [-0.2, 0) is 9.53 Å². The number of benzene rings is 1. The minimum absolute atomic E-state index is 0.0368. The molecule has 1 unspecified atom stereocenters. The largest absolute Gasteiger partial charge is 0.497 e. The van der Waals surface area contributed by atoms with Crippen molar-refractivity contribution in [1.82, 2.24) is 0 Å². The number of carbonyl (C=O) groups excluding carboxylic acids is 1. The third-order valence-electron chi connectivity index (χ3n) is 4.45. The van der Waals surface area contributed by atoms with E-state index in [0.717, 1.165) is 12.3 Å². The molecule has 3 aliphatic heterocycles. The third-order valence-corrected chi connectivity index (χ3v) is 4.45. The number of quaternary nitrogens is 1. The van der Waals surface area contributed by atoms with E-state index >= 15 is 0 Å². The minimum Gasteiger partial charge on any atom is -0.497 e. The first-order valence-corrected chi connectivity index (χ1v) is 7.54. The second kappa shape index (κ2) is 6.35. The fraction of sp³-hybridized carbons (Fsp3) is 0.562. The van der Waals surface area contributed by atoms with Crippen LogP contribution in [0.25, 0.3) is 0 Å². The van der Waals surface area contributed by atoms with Gasteiger partial charge in [0.2, 0.25) is 0 Å². The van der Waals surface area contributed by atoms with Crippen LogP contribution in [0.15, 0.2) is 24.3 Å². The van der Waals surface area contributed by atoms with Crippen LogP contribution in [0.5, 0.6) is 11.5 Å². The maximum atomic E-state index is 11.9. The van der Waals surface area contributed by atoms with Crippen molar-refractivity contribution in [2.75, 3.05) is 33.4 Å². The molecule has 3 heterocycles. The summed E-state index contributed by atoms with van der Waals surface area (Å²) >= 11 is 0. The standard InChI is InChI=1S/C16H21NO4/c1-19-13-2-4-14(5-3-13)20-11-16(18)21-15-10-17-8-6-12(15)7-9-17/h2-5,12,15H,6-11H2,1H3/p+1. The van der Waals surface area contributed by atoms with Gasteiger partial charge in [0, 0.05) is 18.8 Å². The molecule has 1 aromatic rings. The lowest BCUT2D eigenvalue weighted by atomic mass is 9.86. The van der Waals surface area contributed by atoms with Gasteiger partial charge in [-0.25, -0.2) is 4.79 Å². The monoisotopic (exact) mass is 292 g/mol. The molecule has 1 atom stereocenters. The highest BCUT2D eigenvalue weighted by Gasteiger charge is 2.39. The lowest BCUT2D eigenvalue weighted by Crippen LogP contribution is -3.16. The number of piperidine rings is 3. The molecule has 0 amide bonds. The molecule has 0 spiro atoms. The summed E-state index contributed by atoms with van der Waals surface area (Å²) in [6.07, 6.45) is 2.42. The number of ether oxygens (including phenoxy) is 3. The van der Waals surface area contributed by atoms with Crippen molar-refractivity contribution >= 4 is 5.97 Å².